The normalized spacial score (nSPS) is 10.9. The average molecular weight is 314 g/mol. The Morgan fingerprint density at radius 1 is 1.24 bits per heavy atom. The number of imide groups is 1. The molecule has 1 aromatic rings. The van der Waals surface area contributed by atoms with Gasteiger partial charge >= 0.3 is 0 Å². The highest BCUT2D eigenvalue weighted by Gasteiger charge is 2.16. The highest BCUT2D eigenvalue weighted by Crippen LogP contribution is 1.99. The van der Waals surface area contributed by atoms with E-state index >= 15 is 0 Å². The predicted molar refractivity (Wildman–Crippen MR) is 83.3 cm³/mol. The summed E-state index contributed by atoms with van der Waals surface area (Å²) < 4.78 is 0. The molecule has 0 heterocycles. The van der Waals surface area contributed by atoms with E-state index in [-0.39, 0.29) is 18.4 Å². The molecule has 0 aliphatic rings. The minimum absolute atomic E-state index is 0. The van der Waals surface area contributed by atoms with Crippen LogP contribution in [0.2, 0.25) is 0 Å². The van der Waals surface area contributed by atoms with Crippen LogP contribution < -0.4 is 22.1 Å². The molecule has 0 bridgehead atoms. The molecule has 8 heteroatoms. The summed E-state index contributed by atoms with van der Waals surface area (Å²) in [6.45, 7) is 0.461. The standard InChI is InChI=1S/C13H19N5O2.ClH/c14-10(7-4-8-17-13(15)16)12(20)18-11(19)9-5-2-1-3-6-9;/h1-3,5-6,10H,4,7-8,14H2,(H4,15,16,17)(H,18,19,20);1H/t10-;/m0./s1. The molecule has 2 amide bonds. The van der Waals surface area contributed by atoms with Crippen LogP contribution in [0.15, 0.2) is 30.3 Å². The maximum absolute atomic E-state index is 11.7. The second-order valence-corrected chi connectivity index (χ2v) is 4.27. The van der Waals surface area contributed by atoms with E-state index in [0.717, 1.165) is 0 Å². The largest absolute Gasteiger partial charge is 0.370 e. The van der Waals surface area contributed by atoms with E-state index in [0.29, 0.717) is 24.9 Å². The Balaban J connectivity index is 0.00000400. The molecule has 7 nitrogen and oxygen atoms in total. The number of amides is 2. The van der Waals surface area contributed by atoms with Gasteiger partial charge in [-0.25, -0.2) is 0 Å². The van der Waals surface area contributed by atoms with Gasteiger partial charge in [-0.3, -0.25) is 20.3 Å². The summed E-state index contributed by atoms with van der Waals surface area (Å²) >= 11 is 0. The number of rotatable bonds is 6. The van der Waals surface area contributed by atoms with Gasteiger partial charge in [-0.2, -0.15) is 0 Å². The molecule has 21 heavy (non-hydrogen) atoms. The van der Waals surface area contributed by atoms with Crippen LogP contribution in [0.3, 0.4) is 0 Å². The molecular weight excluding hydrogens is 294 g/mol. The first kappa shape index (κ1) is 18.9. The lowest BCUT2D eigenvalue weighted by Gasteiger charge is -2.11. The summed E-state index contributed by atoms with van der Waals surface area (Å²) in [5.74, 6) is -1.10. The Hall–Kier alpha value is -2.12. The lowest BCUT2D eigenvalue weighted by Crippen LogP contribution is -2.43. The van der Waals surface area contributed by atoms with Crippen LogP contribution in [0.4, 0.5) is 0 Å². The van der Waals surface area contributed by atoms with E-state index in [9.17, 15) is 9.59 Å². The third kappa shape index (κ3) is 7.28. The molecule has 116 valence electrons. The van der Waals surface area contributed by atoms with Gasteiger partial charge in [0.1, 0.15) is 0 Å². The second-order valence-electron chi connectivity index (χ2n) is 4.27. The van der Waals surface area contributed by atoms with Gasteiger partial charge in [0.05, 0.1) is 6.04 Å². The third-order valence-electron chi connectivity index (χ3n) is 2.62. The number of benzene rings is 1. The number of nitrogens with one attached hydrogen (secondary N) is 3. The van der Waals surface area contributed by atoms with Crippen molar-refractivity contribution in [3.05, 3.63) is 35.9 Å². The third-order valence-corrected chi connectivity index (χ3v) is 2.62. The van der Waals surface area contributed by atoms with Crippen molar-refractivity contribution in [3.63, 3.8) is 0 Å². The van der Waals surface area contributed by atoms with E-state index in [2.05, 4.69) is 10.6 Å². The first-order valence-corrected chi connectivity index (χ1v) is 6.24. The fourth-order valence-electron chi connectivity index (χ4n) is 1.54. The van der Waals surface area contributed by atoms with Crippen LogP contribution in [-0.4, -0.2) is 30.4 Å². The Bertz CT molecular complexity index is 481. The summed E-state index contributed by atoms with van der Waals surface area (Å²) in [5, 5.41) is 11.8. The summed E-state index contributed by atoms with van der Waals surface area (Å²) in [6.07, 6.45) is 0.974. The van der Waals surface area contributed by atoms with E-state index in [4.69, 9.17) is 16.9 Å². The highest BCUT2D eigenvalue weighted by molar-refractivity contribution is 6.05. The number of guanidine groups is 1. The van der Waals surface area contributed by atoms with Gasteiger partial charge in [0.2, 0.25) is 5.91 Å². The fourth-order valence-corrected chi connectivity index (χ4v) is 1.54. The van der Waals surface area contributed by atoms with E-state index in [1.165, 1.54) is 0 Å². The van der Waals surface area contributed by atoms with Crippen molar-refractivity contribution < 1.29 is 9.59 Å². The molecule has 1 aromatic carbocycles. The number of hydrogen-bond donors (Lipinski definition) is 5. The minimum atomic E-state index is -0.767. The zero-order valence-electron chi connectivity index (χ0n) is 11.5. The Labute approximate surface area is 129 Å². The molecule has 0 spiro atoms. The van der Waals surface area contributed by atoms with Crippen molar-refractivity contribution in [3.8, 4) is 0 Å². The molecule has 1 rings (SSSR count). The molecule has 1 atom stereocenters. The lowest BCUT2D eigenvalue weighted by atomic mass is 10.1. The summed E-state index contributed by atoms with van der Waals surface area (Å²) in [4.78, 5) is 23.4. The molecule has 0 aliphatic heterocycles. The maximum Gasteiger partial charge on any atom is 0.257 e. The van der Waals surface area contributed by atoms with Crippen LogP contribution in [0.25, 0.3) is 0 Å². The summed E-state index contributed by atoms with van der Waals surface area (Å²) in [5.41, 5.74) is 11.2. The maximum atomic E-state index is 11.7. The SMILES string of the molecule is Cl.N=C(N)NCCC[C@H](N)C(=O)NC(=O)c1ccccc1. The molecule has 0 unspecified atom stereocenters. The van der Waals surface area contributed by atoms with Gasteiger partial charge < -0.3 is 16.8 Å². The van der Waals surface area contributed by atoms with Crippen molar-refractivity contribution in [1.29, 1.82) is 5.41 Å². The molecular formula is C13H20ClN5O2. The van der Waals surface area contributed by atoms with Crippen molar-refractivity contribution in [2.24, 2.45) is 11.5 Å². The van der Waals surface area contributed by atoms with E-state index in [1.807, 2.05) is 0 Å². The van der Waals surface area contributed by atoms with Crippen LogP contribution >= 0.6 is 12.4 Å². The summed E-state index contributed by atoms with van der Waals surface area (Å²) in [6, 6.07) is 7.68. The van der Waals surface area contributed by atoms with Crippen molar-refractivity contribution >= 4 is 30.2 Å². The first-order valence-electron chi connectivity index (χ1n) is 6.24. The monoisotopic (exact) mass is 313 g/mol. The van der Waals surface area contributed by atoms with Crippen molar-refractivity contribution in [2.75, 3.05) is 6.54 Å². The van der Waals surface area contributed by atoms with Gasteiger partial charge in [0.15, 0.2) is 5.96 Å². The molecule has 0 aromatic heterocycles. The van der Waals surface area contributed by atoms with Gasteiger partial charge in [-0.1, -0.05) is 18.2 Å². The fraction of sp³-hybridized carbons (Fsp3) is 0.308. The average Bonchev–Trinajstić information content (AvgIpc) is 2.44. The van der Waals surface area contributed by atoms with Crippen molar-refractivity contribution in [2.45, 2.75) is 18.9 Å². The first-order chi connectivity index (χ1) is 9.50. The Kier molecular flexibility index (Phi) is 8.75. The number of carbonyl (C=O) groups excluding carboxylic acids is 2. The van der Waals surface area contributed by atoms with Gasteiger partial charge in [0.25, 0.3) is 5.91 Å². The van der Waals surface area contributed by atoms with Gasteiger partial charge in [-0.15, -0.1) is 12.4 Å². The zero-order chi connectivity index (χ0) is 15.0. The molecule has 0 radical (unpaired) electrons. The van der Waals surface area contributed by atoms with Crippen LogP contribution in [0, 0.1) is 5.41 Å². The number of hydrogen-bond acceptors (Lipinski definition) is 4. The topological polar surface area (TPSA) is 134 Å². The van der Waals surface area contributed by atoms with Crippen LogP contribution in [0.5, 0.6) is 0 Å². The van der Waals surface area contributed by atoms with Gasteiger partial charge in [0, 0.05) is 12.1 Å². The van der Waals surface area contributed by atoms with E-state index in [1.54, 1.807) is 30.3 Å². The van der Waals surface area contributed by atoms with E-state index < -0.39 is 17.9 Å². The molecule has 0 saturated carbocycles. The smallest absolute Gasteiger partial charge is 0.257 e. The number of nitrogens with two attached hydrogens (primary N) is 2. The molecule has 7 N–H and O–H groups in total. The van der Waals surface area contributed by atoms with Crippen LogP contribution in [0.1, 0.15) is 23.2 Å². The minimum Gasteiger partial charge on any atom is -0.370 e. The zero-order valence-corrected chi connectivity index (χ0v) is 12.3. The number of halogens is 1. The quantitative estimate of drug-likeness (QED) is 0.285. The number of carbonyl (C=O) groups is 2. The Morgan fingerprint density at radius 2 is 1.86 bits per heavy atom. The van der Waals surface area contributed by atoms with Crippen molar-refractivity contribution in [1.82, 2.24) is 10.6 Å². The Morgan fingerprint density at radius 3 is 2.43 bits per heavy atom. The molecule has 0 fully saturated rings. The van der Waals surface area contributed by atoms with Crippen LogP contribution in [-0.2, 0) is 4.79 Å². The lowest BCUT2D eigenvalue weighted by molar-refractivity contribution is -0.121. The summed E-state index contributed by atoms with van der Waals surface area (Å²) in [7, 11) is 0. The second kappa shape index (κ2) is 9.73. The van der Waals surface area contributed by atoms with Gasteiger partial charge in [-0.05, 0) is 25.0 Å². The highest BCUT2D eigenvalue weighted by atomic mass is 35.5. The predicted octanol–water partition coefficient (Wildman–Crippen LogP) is -0.0446. The molecule has 0 aliphatic carbocycles. The molecule has 0 saturated heterocycles.